The van der Waals surface area contributed by atoms with Gasteiger partial charge in [0, 0.05) is 9.70 Å². The van der Waals surface area contributed by atoms with E-state index in [1.165, 1.54) is 25.7 Å². The van der Waals surface area contributed by atoms with Gasteiger partial charge in [0.15, 0.2) is 0 Å². The maximum Gasteiger partial charge on any atom is 0.0186 e. The van der Waals surface area contributed by atoms with Crippen LogP contribution < -0.4 is 0 Å². The molecule has 0 aromatic carbocycles. The number of halogens is 1. The molecule has 2 heteroatoms. The number of hydrogen-bond donors (Lipinski definition) is 0. The summed E-state index contributed by atoms with van der Waals surface area (Å²) in [6.45, 7) is 0. The summed E-state index contributed by atoms with van der Waals surface area (Å²) >= 11 is 5.62. The molecular formula is C9H11BrS. The predicted octanol–water partition coefficient (Wildman–Crippen LogP) is 3.39. The van der Waals surface area contributed by atoms with E-state index in [1.54, 1.807) is 10.4 Å². The van der Waals surface area contributed by atoms with E-state index in [1.807, 2.05) is 11.3 Å². The maximum atomic E-state index is 3.70. The van der Waals surface area contributed by atoms with Gasteiger partial charge >= 0.3 is 0 Å². The molecule has 0 spiro atoms. The molecule has 1 heterocycles. The lowest BCUT2D eigenvalue weighted by atomic mass is 10.1. The second-order valence-electron chi connectivity index (χ2n) is 3.06. The van der Waals surface area contributed by atoms with Crippen LogP contribution in [0.5, 0.6) is 0 Å². The molecular weight excluding hydrogens is 220 g/mol. The highest BCUT2D eigenvalue weighted by Gasteiger charge is 2.14. The van der Waals surface area contributed by atoms with E-state index in [0.29, 0.717) is 0 Å². The summed E-state index contributed by atoms with van der Waals surface area (Å²) in [5, 5.41) is 2.22. The minimum absolute atomic E-state index is 0.721. The highest BCUT2D eigenvalue weighted by atomic mass is 79.9. The van der Waals surface area contributed by atoms with Crippen molar-refractivity contribution in [2.75, 3.05) is 0 Å². The van der Waals surface area contributed by atoms with Gasteiger partial charge in [-0.3, -0.25) is 0 Å². The highest BCUT2D eigenvalue weighted by Crippen LogP contribution is 2.28. The van der Waals surface area contributed by atoms with Crippen LogP contribution in [-0.2, 0) is 12.8 Å². The molecule has 1 aromatic rings. The Labute approximate surface area is 79.8 Å². The van der Waals surface area contributed by atoms with Crippen molar-refractivity contribution in [2.45, 2.75) is 30.5 Å². The van der Waals surface area contributed by atoms with Gasteiger partial charge in [-0.1, -0.05) is 15.9 Å². The number of alkyl halides is 1. The quantitative estimate of drug-likeness (QED) is 0.474. The lowest BCUT2D eigenvalue weighted by Crippen LogP contribution is -1.98. The molecule has 0 fully saturated rings. The molecule has 0 aliphatic heterocycles. The fraction of sp³-hybridized carbons (Fsp3) is 0.556. The first-order valence-electron chi connectivity index (χ1n) is 4.05. The minimum atomic E-state index is 0.721. The van der Waals surface area contributed by atoms with Gasteiger partial charge < -0.3 is 0 Å². The van der Waals surface area contributed by atoms with Gasteiger partial charge in [-0.25, -0.2) is 0 Å². The Balaban J connectivity index is 2.26. The van der Waals surface area contributed by atoms with Crippen LogP contribution in [-0.4, -0.2) is 4.83 Å². The molecule has 2 rings (SSSR count). The largest absolute Gasteiger partial charge is 0.149 e. The van der Waals surface area contributed by atoms with Gasteiger partial charge in [0.05, 0.1) is 0 Å². The van der Waals surface area contributed by atoms with Crippen LogP contribution in [0.4, 0.5) is 0 Å². The average Bonchev–Trinajstić information content (AvgIpc) is 2.31. The first-order valence-corrected chi connectivity index (χ1v) is 5.85. The summed E-state index contributed by atoms with van der Waals surface area (Å²) in [6, 6.07) is 2.28. The summed E-state index contributed by atoms with van der Waals surface area (Å²) in [4.78, 5) is 2.34. The zero-order chi connectivity index (χ0) is 7.68. The van der Waals surface area contributed by atoms with Gasteiger partial charge in [-0.2, -0.15) is 0 Å². The molecule has 1 aliphatic carbocycles. The van der Waals surface area contributed by atoms with Crippen LogP contribution in [0.1, 0.15) is 23.3 Å². The van der Waals surface area contributed by atoms with Gasteiger partial charge in [-0.15, -0.1) is 11.3 Å². The third kappa shape index (κ3) is 1.67. The molecule has 0 nitrogen and oxygen atoms in total. The van der Waals surface area contributed by atoms with Crippen molar-refractivity contribution in [3.63, 3.8) is 0 Å². The average molecular weight is 231 g/mol. The van der Waals surface area contributed by atoms with Gasteiger partial charge in [0.2, 0.25) is 0 Å². The number of rotatable bonds is 0. The van der Waals surface area contributed by atoms with Crippen molar-refractivity contribution in [3.05, 3.63) is 21.9 Å². The molecule has 0 saturated carbocycles. The summed E-state index contributed by atoms with van der Waals surface area (Å²) in [5.41, 5.74) is 1.58. The Bertz CT molecular complexity index is 241. The van der Waals surface area contributed by atoms with E-state index in [2.05, 4.69) is 27.4 Å². The smallest absolute Gasteiger partial charge is 0.0186 e. The normalized spacial score (nSPS) is 24.3. The van der Waals surface area contributed by atoms with E-state index in [0.717, 1.165) is 4.83 Å². The SMILES string of the molecule is BrC1CCCc2sccc2C1. The van der Waals surface area contributed by atoms with Crippen LogP contribution in [0, 0.1) is 0 Å². The summed E-state index contributed by atoms with van der Waals surface area (Å²) in [5.74, 6) is 0. The van der Waals surface area contributed by atoms with E-state index in [4.69, 9.17) is 0 Å². The molecule has 0 N–H and O–H groups in total. The van der Waals surface area contributed by atoms with Gasteiger partial charge in [0.25, 0.3) is 0 Å². The first-order chi connectivity index (χ1) is 5.36. The molecule has 1 aromatic heterocycles. The number of thiophene rings is 1. The molecule has 1 unspecified atom stereocenters. The molecule has 1 atom stereocenters. The third-order valence-electron chi connectivity index (χ3n) is 2.20. The lowest BCUT2D eigenvalue weighted by Gasteiger charge is -2.02. The maximum absolute atomic E-state index is 3.70. The summed E-state index contributed by atoms with van der Waals surface area (Å²) in [6.07, 6.45) is 5.22. The second-order valence-corrected chi connectivity index (χ2v) is 5.36. The molecule has 0 bridgehead atoms. The van der Waals surface area contributed by atoms with E-state index in [9.17, 15) is 0 Å². The standard InChI is InChI=1S/C9H11BrS/c10-8-2-1-3-9-7(6-8)4-5-11-9/h4-5,8H,1-3,6H2. The van der Waals surface area contributed by atoms with Gasteiger partial charge in [0.1, 0.15) is 0 Å². The monoisotopic (exact) mass is 230 g/mol. The van der Waals surface area contributed by atoms with Crippen molar-refractivity contribution in [1.29, 1.82) is 0 Å². The van der Waals surface area contributed by atoms with Crippen LogP contribution in [0.2, 0.25) is 0 Å². The van der Waals surface area contributed by atoms with Crippen LogP contribution in [0.25, 0.3) is 0 Å². The van der Waals surface area contributed by atoms with Crippen LogP contribution >= 0.6 is 27.3 Å². The van der Waals surface area contributed by atoms with E-state index < -0.39 is 0 Å². The van der Waals surface area contributed by atoms with Crippen molar-refractivity contribution < 1.29 is 0 Å². The number of aryl methyl sites for hydroxylation is 1. The molecule has 60 valence electrons. The number of fused-ring (bicyclic) bond motifs is 1. The van der Waals surface area contributed by atoms with Crippen molar-refractivity contribution in [1.82, 2.24) is 0 Å². The van der Waals surface area contributed by atoms with Crippen molar-refractivity contribution in [2.24, 2.45) is 0 Å². The molecule has 11 heavy (non-hydrogen) atoms. The molecule has 1 aliphatic rings. The Morgan fingerprint density at radius 2 is 2.45 bits per heavy atom. The molecule has 0 saturated heterocycles. The van der Waals surface area contributed by atoms with Crippen LogP contribution in [0.3, 0.4) is 0 Å². The Morgan fingerprint density at radius 1 is 1.55 bits per heavy atom. The third-order valence-corrected chi connectivity index (χ3v) is 4.00. The Hall–Kier alpha value is 0.180. The lowest BCUT2D eigenvalue weighted by molar-refractivity contribution is 0.736. The molecule has 0 radical (unpaired) electrons. The summed E-state index contributed by atoms with van der Waals surface area (Å²) < 4.78 is 0. The van der Waals surface area contributed by atoms with Crippen molar-refractivity contribution in [3.8, 4) is 0 Å². The summed E-state index contributed by atoms with van der Waals surface area (Å²) in [7, 11) is 0. The number of hydrogen-bond acceptors (Lipinski definition) is 1. The predicted molar refractivity (Wildman–Crippen MR) is 53.7 cm³/mol. The topological polar surface area (TPSA) is 0 Å². The van der Waals surface area contributed by atoms with Crippen molar-refractivity contribution >= 4 is 27.3 Å². The molecule has 0 amide bonds. The Morgan fingerprint density at radius 3 is 3.36 bits per heavy atom. The minimum Gasteiger partial charge on any atom is -0.149 e. The van der Waals surface area contributed by atoms with E-state index in [-0.39, 0.29) is 0 Å². The fourth-order valence-electron chi connectivity index (χ4n) is 1.59. The fourth-order valence-corrected chi connectivity index (χ4v) is 3.23. The second kappa shape index (κ2) is 3.28. The van der Waals surface area contributed by atoms with Gasteiger partial charge in [-0.05, 0) is 42.7 Å². The first kappa shape index (κ1) is 7.81. The highest BCUT2D eigenvalue weighted by molar-refractivity contribution is 9.09. The van der Waals surface area contributed by atoms with Crippen LogP contribution in [0.15, 0.2) is 11.4 Å². The Kier molecular flexibility index (Phi) is 2.33. The zero-order valence-electron chi connectivity index (χ0n) is 6.35. The van der Waals surface area contributed by atoms with E-state index >= 15 is 0 Å². The zero-order valence-corrected chi connectivity index (χ0v) is 8.75.